The van der Waals surface area contributed by atoms with E-state index < -0.39 is 0 Å². The summed E-state index contributed by atoms with van der Waals surface area (Å²) in [6.07, 6.45) is 5.17. The summed E-state index contributed by atoms with van der Waals surface area (Å²) >= 11 is 5.40. The monoisotopic (exact) mass is 360 g/mol. The molecule has 0 saturated carbocycles. The lowest BCUT2D eigenvalue weighted by molar-refractivity contribution is 0.414. The first-order chi connectivity index (χ1) is 12.3. The SMILES string of the molecule is C1CCNCC1.COc1ccccc1C(=S)NCCc1ccccc1.[HH].[HH]. The molecule has 0 amide bonds. The minimum absolute atomic E-state index is 0. The van der Waals surface area contributed by atoms with Gasteiger partial charge in [-0.3, -0.25) is 0 Å². The predicted molar refractivity (Wildman–Crippen MR) is 114 cm³/mol. The molecule has 0 bridgehead atoms. The first-order valence-corrected chi connectivity index (χ1v) is 9.38. The lowest BCUT2D eigenvalue weighted by Gasteiger charge is -2.11. The molecule has 1 saturated heterocycles. The van der Waals surface area contributed by atoms with Gasteiger partial charge in [0, 0.05) is 9.40 Å². The second-order valence-electron chi connectivity index (χ2n) is 6.00. The average Bonchev–Trinajstić information content (AvgIpc) is 2.70. The van der Waals surface area contributed by atoms with Crippen LogP contribution in [0.25, 0.3) is 0 Å². The fraction of sp³-hybridized carbons (Fsp3) is 0.381. The fourth-order valence-electron chi connectivity index (χ4n) is 2.69. The maximum Gasteiger partial charge on any atom is 0.129 e. The molecule has 1 aliphatic heterocycles. The van der Waals surface area contributed by atoms with Crippen molar-refractivity contribution in [2.75, 3.05) is 26.7 Å². The van der Waals surface area contributed by atoms with Crippen LogP contribution in [0.3, 0.4) is 0 Å². The number of benzene rings is 2. The molecule has 25 heavy (non-hydrogen) atoms. The summed E-state index contributed by atoms with van der Waals surface area (Å²) in [5.41, 5.74) is 2.24. The summed E-state index contributed by atoms with van der Waals surface area (Å²) in [5, 5.41) is 6.56. The maximum absolute atomic E-state index is 5.40. The highest BCUT2D eigenvalue weighted by Crippen LogP contribution is 2.17. The standard InChI is InChI=1S/C16H17NOS.C5H11N.2H2/c1-18-15-10-6-5-9-14(15)16(19)17-12-11-13-7-3-2-4-8-13;1-2-4-6-5-3-1;;/h2-10H,11-12H2,1H3,(H,17,19);6H,1-5H2;2*1H. The second kappa shape index (κ2) is 11.6. The van der Waals surface area contributed by atoms with Gasteiger partial charge in [0.25, 0.3) is 0 Å². The fourth-order valence-corrected chi connectivity index (χ4v) is 2.96. The topological polar surface area (TPSA) is 33.3 Å². The van der Waals surface area contributed by atoms with Crippen LogP contribution in [0.4, 0.5) is 0 Å². The van der Waals surface area contributed by atoms with Gasteiger partial charge in [0.15, 0.2) is 0 Å². The number of thiocarbonyl (C=S) groups is 1. The van der Waals surface area contributed by atoms with Crippen LogP contribution in [0.5, 0.6) is 5.75 Å². The van der Waals surface area contributed by atoms with E-state index in [0.717, 1.165) is 29.3 Å². The van der Waals surface area contributed by atoms with Crippen LogP contribution in [0.2, 0.25) is 0 Å². The van der Waals surface area contributed by atoms with E-state index in [2.05, 4.69) is 22.8 Å². The van der Waals surface area contributed by atoms with Crippen LogP contribution < -0.4 is 15.4 Å². The van der Waals surface area contributed by atoms with Crippen molar-refractivity contribution in [3.63, 3.8) is 0 Å². The van der Waals surface area contributed by atoms with Gasteiger partial charge in [-0.25, -0.2) is 0 Å². The van der Waals surface area contributed by atoms with Crippen LogP contribution in [0.1, 0.15) is 33.2 Å². The quantitative estimate of drug-likeness (QED) is 0.772. The second-order valence-corrected chi connectivity index (χ2v) is 6.41. The van der Waals surface area contributed by atoms with E-state index in [1.54, 1.807) is 7.11 Å². The zero-order valence-corrected chi connectivity index (χ0v) is 15.8. The molecule has 1 fully saturated rings. The molecular formula is C21H32N2OS. The third-order valence-electron chi connectivity index (χ3n) is 4.10. The highest BCUT2D eigenvalue weighted by Gasteiger charge is 2.06. The number of hydrogen-bond acceptors (Lipinski definition) is 3. The van der Waals surface area contributed by atoms with E-state index in [-0.39, 0.29) is 2.85 Å². The third kappa shape index (κ3) is 7.24. The summed E-state index contributed by atoms with van der Waals surface area (Å²) in [5.74, 6) is 0.805. The number of hydrogen-bond donors (Lipinski definition) is 2. The molecule has 2 N–H and O–H groups in total. The zero-order chi connectivity index (χ0) is 17.7. The van der Waals surface area contributed by atoms with Gasteiger partial charge in [0.05, 0.1) is 12.7 Å². The maximum atomic E-state index is 5.40. The van der Waals surface area contributed by atoms with Gasteiger partial charge in [-0.2, -0.15) is 0 Å². The van der Waals surface area contributed by atoms with E-state index in [4.69, 9.17) is 17.0 Å². The first-order valence-electron chi connectivity index (χ1n) is 8.97. The van der Waals surface area contributed by atoms with E-state index in [9.17, 15) is 0 Å². The lowest BCUT2D eigenvalue weighted by atomic mass is 10.1. The van der Waals surface area contributed by atoms with Crippen molar-refractivity contribution in [1.82, 2.24) is 10.6 Å². The van der Waals surface area contributed by atoms with Crippen molar-refractivity contribution in [1.29, 1.82) is 0 Å². The van der Waals surface area contributed by atoms with Crippen LogP contribution in [-0.4, -0.2) is 31.7 Å². The van der Waals surface area contributed by atoms with Gasteiger partial charge in [-0.1, -0.05) is 61.1 Å². The van der Waals surface area contributed by atoms with Gasteiger partial charge in [0.2, 0.25) is 0 Å². The Morgan fingerprint density at radius 1 is 1.04 bits per heavy atom. The molecule has 3 rings (SSSR count). The molecular weight excluding hydrogens is 328 g/mol. The number of rotatable bonds is 5. The van der Waals surface area contributed by atoms with E-state index in [1.165, 1.54) is 37.9 Å². The summed E-state index contributed by atoms with van der Waals surface area (Å²) < 4.78 is 5.30. The number of methoxy groups -OCH3 is 1. The Kier molecular flexibility index (Phi) is 9.02. The lowest BCUT2D eigenvalue weighted by Crippen LogP contribution is -2.25. The van der Waals surface area contributed by atoms with E-state index >= 15 is 0 Å². The van der Waals surface area contributed by atoms with Crippen LogP contribution in [0, 0.1) is 0 Å². The summed E-state index contributed by atoms with van der Waals surface area (Å²) in [6.45, 7) is 3.32. The average molecular weight is 361 g/mol. The molecule has 138 valence electrons. The predicted octanol–water partition coefficient (Wildman–Crippen LogP) is 4.45. The smallest absolute Gasteiger partial charge is 0.129 e. The zero-order valence-electron chi connectivity index (χ0n) is 15.0. The molecule has 0 atom stereocenters. The molecule has 0 unspecified atom stereocenters. The molecule has 2 aromatic carbocycles. The molecule has 3 nitrogen and oxygen atoms in total. The van der Waals surface area contributed by atoms with Crippen molar-refractivity contribution in [3.05, 3.63) is 65.7 Å². The van der Waals surface area contributed by atoms with Gasteiger partial charge < -0.3 is 15.4 Å². The Morgan fingerprint density at radius 3 is 2.32 bits per heavy atom. The van der Waals surface area contributed by atoms with Gasteiger partial charge >= 0.3 is 0 Å². The normalized spacial score (nSPS) is 13.3. The molecule has 0 spiro atoms. The summed E-state index contributed by atoms with van der Waals surface area (Å²) in [4.78, 5) is 0.730. The summed E-state index contributed by atoms with van der Waals surface area (Å²) in [7, 11) is 1.66. The number of nitrogens with one attached hydrogen (secondary N) is 2. The van der Waals surface area contributed by atoms with Gasteiger partial charge in [-0.05, 0) is 50.0 Å². The highest BCUT2D eigenvalue weighted by atomic mass is 32.1. The minimum Gasteiger partial charge on any atom is -0.496 e. The number of para-hydroxylation sites is 1. The Labute approximate surface area is 159 Å². The highest BCUT2D eigenvalue weighted by molar-refractivity contribution is 7.80. The largest absolute Gasteiger partial charge is 0.496 e. The number of ether oxygens (including phenoxy) is 1. The Hall–Kier alpha value is -1.91. The molecule has 0 aliphatic carbocycles. The number of piperidine rings is 1. The molecule has 2 aromatic rings. The van der Waals surface area contributed by atoms with Gasteiger partial charge in [-0.15, -0.1) is 0 Å². The first kappa shape index (κ1) is 19.4. The Balaban J connectivity index is 0.000000724. The van der Waals surface area contributed by atoms with Crippen molar-refractivity contribution < 1.29 is 7.59 Å². The van der Waals surface area contributed by atoms with E-state index in [1.807, 2.05) is 42.5 Å². The van der Waals surface area contributed by atoms with E-state index in [0.29, 0.717) is 0 Å². The van der Waals surface area contributed by atoms with Crippen molar-refractivity contribution in [2.24, 2.45) is 0 Å². The molecule has 1 heterocycles. The molecule has 1 aliphatic rings. The Bertz CT molecular complexity index is 626. The van der Waals surface area contributed by atoms with Crippen LogP contribution >= 0.6 is 12.2 Å². The Morgan fingerprint density at radius 2 is 1.72 bits per heavy atom. The van der Waals surface area contributed by atoms with Crippen molar-refractivity contribution in [3.8, 4) is 5.75 Å². The van der Waals surface area contributed by atoms with Crippen molar-refractivity contribution in [2.45, 2.75) is 25.7 Å². The molecule has 0 radical (unpaired) electrons. The van der Waals surface area contributed by atoms with Crippen molar-refractivity contribution >= 4 is 17.2 Å². The molecule has 0 aromatic heterocycles. The van der Waals surface area contributed by atoms with Crippen LogP contribution in [0.15, 0.2) is 54.6 Å². The minimum atomic E-state index is 0. The third-order valence-corrected chi connectivity index (χ3v) is 4.47. The summed E-state index contributed by atoms with van der Waals surface area (Å²) in [6, 6.07) is 18.1. The van der Waals surface area contributed by atoms with Gasteiger partial charge in [0.1, 0.15) is 10.7 Å². The molecule has 4 heteroatoms. The van der Waals surface area contributed by atoms with Crippen LogP contribution in [-0.2, 0) is 6.42 Å².